The molecule has 1 N–H and O–H groups in total. The fourth-order valence-electron chi connectivity index (χ4n) is 1.70. The van der Waals surface area contributed by atoms with E-state index < -0.39 is 12.5 Å². The van der Waals surface area contributed by atoms with Crippen LogP contribution in [0.15, 0.2) is 47.1 Å². The summed E-state index contributed by atoms with van der Waals surface area (Å²) in [6.07, 6.45) is 1.51. The van der Waals surface area contributed by atoms with Gasteiger partial charge in [0, 0.05) is 5.56 Å². The van der Waals surface area contributed by atoms with E-state index in [1.807, 2.05) is 0 Å². The Morgan fingerprint density at radius 3 is 2.75 bits per heavy atom. The number of carbonyl (C=O) groups excluding carboxylic acids is 1. The number of amides is 1. The van der Waals surface area contributed by atoms with E-state index in [1.54, 1.807) is 19.1 Å². The average Bonchev–Trinajstić information content (AvgIpc) is 2.92. The van der Waals surface area contributed by atoms with Gasteiger partial charge in [-0.3, -0.25) is 4.79 Å². The fourth-order valence-corrected chi connectivity index (χ4v) is 1.70. The second-order valence-corrected chi connectivity index (χ2v) is 4.12. The molecule has 1 unspecified atom stereocenters. The van der Waals surface area contributed by atoms with Crippen molar-refractivity contribution in [3.63, 3.8) is 0 Å². The maximum absolute atomic E-state index is 12.1. The van der Waals surface area contributed by atoms with Crippen molar-refractivity contribution < 1.29 is 22.7 Å². The van der Waals surface area contributed by atoms with Gasteiger partial charge in [-0.15, -0.1) is 0 Å². The minimum Gasteiger partial charge on any atom is -0.467 e. The number of carbonyl (C=O) groups is 1. The van der Waals surface area contributed by atoms with Gasteiger partial charge >= 0.3 is 6.61 Å². The predicted octanol–water partition coefficient (Wildman–Crippen LogP) is 3.37. The minimum atomic E-state index is -2.92. The number of rotatable bonds is 5. The minimum absolute atomic E-state index is 0.0571. The molecule has 0 aliphatic heterocycles. The predicted molar refractivity (Wildman–Crippen MR) is 67.7 cm³/mol. The molecule has 0 spiro atoms. The zero-order valence-corrected chi connectivity index (χ0v) is 10.7. The molecule has 6 heteroatoms. The number of hydrogen-bond donors (Lipinski definition) is 1. The molecule has 20 heavy (non-hydrogen) atoms. The van der Waals surface area contributed by atoms with Crippen molar-refractivity contribution >= 4 is 5.91 Å². The van der Waals surface area contributed by atoms with E-state index in [9.17, 15) is 13.6 Å². The summed E-state index contributed by atoms with van der Waals surface area (Å²) in [5, 5.41) is 2.70. The van der Waals surface area contributed by atoms with Crippen molar-refractivity contribution in [1.29, 1.82) is 0 Å². The number of furan rings is 1. The summed E-state index contributed by atoms with van der Waals surface area (Å²) in [6, 6.07) is 8.75. The second kappa shape index (κ2) is 6.18. The lowest BCUT2D eigenvalue weighted by molar-refractivity contribution is -0.0498. The number of benzene rings is 1. The number of nitrogens with one attached hydrogen (secondary N) is 1. The van der Waals surface area contributed by atoms with Crippen LogP contribution in [0.2, 0.25) is 0 Å². The molecule has 4 nitrogen and oxygen atoms in total. The van der Waals surface area contributed by atoms with Crippen LogP contribution in [-0.4, -0.2) is 12.5 Å². The summed E-state index contributed by atoms with van der Waals surface area (Å²) in [5.74, 6) is 0.158. The summed E-state index contributed by atoms with van der Waals surface area (Å²) >= 11 is 0. The van der Waals surface area contributed by atoms with E-state index in [1.165, 1.54) is 30.5 Å². The van der Waals surface area contributed by atoms with Crippen LogP contribution in [0.5, 0.6) is 5.75 Å². The molecule has 0 aliphatic carbocycles. The first-order valence-electron chi connectivity index (χ1n) is 5.95. The van der Waals surface area contributed by atoms with Gasteiger partial charge in [-0.2, -0.15) is 8.78 Å². The first-order valence-corrected chi connectivity index (χ1v) is 5.95. The second-order valence-electron chi connectivity index (χ2n) is 4.12. The molecule has 2 aromatic rings. The Kier molecular flexibility index (Phi) is 4.34. The summed E-state index contributed by atoms with van der Waals surface area (Å²) in [4.78, 5) is 12.0. The van der Waals surface area contributed by atoms with Gasteiger partial charge in [-0.1, -0.05) is 6.07 Å². The van der Waals surface area contributed by atoms with Gasteiger partial charge in [-0.25, -0.2) is 0 Å². The van der Waals surface area contributed by atoms with Crippen LogP contribution in [0.1, 0.15) is 29.1 Å². The van der Waals surface area contributed by atoms with Gasteiger partial charge in [0.15, 0.2) is 0 Å². The SMILES string of the molecule is CC(NC(=O)c1cccc(OC(F)F)c1)c1ccco1. The molecule has 0 fully saturated rings. The number of ether oxygens (including phenoxy) is 1. The van der Waals surface area contributed by atoms with Gasteiger partial charge in [0.2, 0.25) is 0 Å². The molecule has 1 amide bonds. The molecular weight excluding hydrogens is 268 g/mol. The molecule has 1 aromatic heterocycles. The fraction of sp³-hybridized carbons (Fsp3) is 0.214. The maximum Gasteiger partial charge on any atom is 0.387 e. The highest BCUT2D eigenvalue weighted by Crippen LogP contribution is 2.17. The topological polar surface area (TPSA) is 51.5 Å². The zero-order chi connectivity index (χ0) is 14.5. The van der Waals surface area contributed by atoms with Crippen LogP contribution in [0.3, 0.4) is 0 Å². The monoisotopic (exact) mass is 281 g/mol. The van der Waals surface area contributed by atoms with Crippen molar-refractivity contribution in [2.24, 2.45) is 0 Å². The van der Waals surface area contributed by atoms with Crippen LogP contribution in [0, 0.1) is 0 Å². The molecule has 1 heterocycles. The van der Waals surface area contributed by atoms with Crippen molar-refractivity contribution in [3.05, 3.63) is 54.0 Å². The molecule has 1 aromatic carbocycles. The van der Waals surface area contributed by atoms with Gasteiger partial charge in [0.05, 0.1) is 12.3 Å². The van der Waals surface area contributed by atoms with Crippen LogP contribution in [0.4, 0.5) is 8.78 Å². The maximum atomic E-state index is 12.1. The summed E-state index contributed by atoms with van der Waals surface area (Å²) < 4.78 is 33.6. The molecule has 1 atom stereocenters. The van der Waals surface area contributed by atoms with E-state index in [2.05, 4.69) is 10.1 Å². The normalized spacial score (nSPS) is 12.2. The Balaban J connectivity index is 2.05. The van der Waals surface area contributed by atoms with E-state index in [0.29, 0.717) is 5.76 Å². The lowest BCUT2D eigenvalue weighted by atomic mass is 10.1. The average molecular weight is 281 g/mol. The van der Waals surface area contributed by atoms with Crippen molar-refractivity contribution in [2.75, 3.05) is 0 Å². The first kappa shape index (κ1) is 14.0. The van der Waals surface area contributed by atoms with Crippen molar-refractivity contribution in [2.45, 2.75) is 19.6 Å². The van der Waals surface area contributed by atoms with Gasteiger partial charge in [0.25, 0.3) is 5.91 Å². The number of halogens is 2. The van der Waals surface area contributed by atoms with Crippen molar-refractivity contribution in [3.8, 4) is 5.75 Å². The van der Waals surface area contributed by atoms with E-state index >= 15 is 0 Å². The lowest BCUT2D eigenvalue weighted by Crippen LogP contribution is -2.26. The molecule has 0 bridgehead atoms. The highest BCUT2D eigenvalue weighted by molar-refractivity contribution is 5.94. The first-order chi connectivity index (χ1) is 9.56. The highest BCUT2D eigenvalue weighted by atomic mass is 19.3. The molecule has 106 valence electrons. The van der Waals surface area contributed by atoms with E-state index in [4.69, 9.17) is 4.42 Å². The molecule has 0 aliphatic rings. The number of hydrogen-bond acceptors (Lipinski definition) is 3. The van der Waals surface area contributed by atoms with Gasteiger partial charge in [0.1, 0.15) is 11.5 Å². The summed E-state index contributed by atoms with van der Waals surface area (Å²) in [7, 11) is 0. The molecule has 0 saturated carbocycles. The Morgan fingerprint density at radius 1 is 1.30 bits per heavy atom. The smallest absolute Gasteiger partial charge is 0.387 e. The third-order valence-electron chi connectivity index (χ3n) is 2.64. The summed E-state index contributed by atoms with van der Waals surface area (Å²) in [5.41, 5.74) is 0.238. The molecule has 0 radical (unpaired) electrons. The van der Waals surface area contributed by atoms with Crippen LogP contribution in [-0.2, 0) is 0 Å². The van der Waals surface area contributed by atoms with Gasteiger partial charge in [-0.05, 0) is 37.3 Å². The Labute approximate surface area is 114 Å². The van der Waals surface area contributed by atoms with Crippen LogP contribution >= 0.6 is 0 Å². The summed E-state index contributed by atoms with van der Waals surface area (Å²) in [6.45, 7) is -1.16. The third-order valence-corrected chi connectivity index (χ3v) is 2.64. The zero-order valence-electron chi connectivity index (χ0n) is 10.7. The van der Waals surface area contributed by atoms with E-state index in [-0.39, 0.29) is 17.4 Å². The lowest BCUT2D eigenvalue weighted by Gasteiger charge is -2.12. The molecule has 2 rings (SSSR count). The van der Waals surface area contributed by atoms with Gasteiger partial charge < -0.3 is 14.5 Å². The number of alkyl halides is 2. The molecule has 0 saturated heterocycles. The standard InChI is InChI=1S/C14H13F2NO3/c1-9(12-6-3-7-19-12)17-13(18)10-4-2-5-11(8-10)20-14(15)16/h2-9,14H,1H3,(H,17,18). The van der Waals surface area contributed by atoms with E-state index in [0.717, 1.165) is 0 Å². The largest absolute Gasteiger partial charge is 0.467 e. The van der Waals surface area contributed by atoms with Crippen molar-refractivity contribution in [1.82, 2.24) is 5.32 Å². The van der Waals surface area contributed by atoms with Crippen LogP contribution < -0.4 is 10.1 Å². The molecular formula is C14H13F2NO3. The Morgan fingerprint density at radius 2 is 2.10 bits per heavy atom. The quantitative estimate of drug-likeness (QED) is 0.914. The van der Waals surface area contributed by atoms with Crippen LogP contribution in [0.25, 0.3) is 0 Å². The highest BCUT2D eigenvalue weighted by Gasteiger charge is 2.14. The Bertz CT molecular complexity index is 570. The Hall–Kier alpha value is -2.37. The third kappa shape index (κ3) is 3.57.